The van der Waals surface area contributed by atoms with Crippen molar-refractivity contribution < 1.29 is 23.9 Å². The fourth-order valence-electron chi connectivity index (χ4n) is 3.78. The number of ether oxygens (including phenoxy) is 2. The predicted molar refractivity (Wildman–Crippen MR) is 116 cm³/mol. The van der Waals surface area contributed by atoms with Gasteiger partial charge in [-0.15, -0.1) is 11.3 Å². The summed E-state index contributed by atoms with van der Waals surface area (Å²) in [4.78, 5) is 38.0. The minimum absolute atomic E-state index is 0.178. The van der Waals surface area contributed by atoms with Gasteiger partial charge in [-0.3, -0.25) is 4.79 Å². The van der Waals surface area contributed by atoms with Crippen LogP contribution in [-0.4, -0.2) is 32.1 Å². The van der Waals surface area contributed by atoms with E-state index in [0.717, 1.165) is 29.7 Å². The van der Waals surface area contributed by atoms with Crippen LogP contribution in [0.3, 0.4) is 0 Å². The molecule has 1 aliphatic carbocycles. The first-order valence-electron chi connectivity index (χ1n) is 9.88. The van der Waals surface area contributed by atoms with Gasteiger partial charge < -0.3 is 14.8 Å². The van der Waals surface area contributed by atoms with Crippen LogP contribution in [0, 0.1) is 11.3 Å². The Morgan fingerprint density at radius 1 is 1.00 bits per heavy atom. The number of fused-ring (bicyclic) bond motifs is 1. The van der Waals surface area contributed by atoms with Gasteiger partial charge in [0, 0.05) is 10.4 Å². The monoisotopic (exact) mass is 429 g/mol. The third kappa shape index (κ3) is 4.41. The van der Waals surface area contributed by atoms with Gasteiger partial charge >= 0.3 is 11.9 Å². The van der Waals surface area contributed by atoms with Gasteiger partial charge in [-0.25, -0.2) is 9.59 Å². The molecule has 0 radical (unpaired) electrons. The number of methoxy groups -OCH3 is 2. The lowest BCUT2D eigenvalue weighted by Crippen LogP contribution is -2.26. The van der Waals surface area contributed by atoms with Gasteiger partial charge in [-0.05, 0) is 60.4 Å². The van der Waals surface area contributed by atoms with E-state index in [-0.39, 0.29) is 11.3 Å². The summed E-state index contributed by atoms with van der Waals surface area (Å²) in [5.74, 6) is -0.724. The van der Waals surface area contributed by atoms with E-state index in [1.807, 2.05) is 0 Å². The molecule has 1 amide bonds. The van der Waals surface area contributed by atoms with Crippen molar-refractivity contribution in [2.75, 3.05) is 19.5 Å². The SMILES string of the molecule is COC(=O)c1ccc(C(=O)Nc2sc3c(c2C(=O)OC)CCC(C(C)(C)C)C3)cc1. The summed E-state index contributed by atoms with van der Waals surface area (Å²) in [7, 11) is 2.66. The number of amides is 1. The first-order chi connectivity index (χ1) is 14.2. The highest BCUT2D eigenvalue weighted by Gasteiger charge is 2.34. The van der Waals surface area contributed by atoms with Gasteiger partial charge in [0.15, 0.2) is 0 Å². The van der Waals surface area contributed by atoms with E-state index >= 15 is 0 Å². The Balaban J connectivity index is 1.88. The van der Waals surface area contributed by atoms with Crippen molar-refractivity contribution in [1.82, 2.24) is 0 Å². The highest BCUT2D eigenvalue weighted by Crippen LogP contribution is 2.44. The Kier molecular flexibility index (Phi) is 6.31. The zero-order valence-electron chi connectivity index (χ0n) is 18.0. The molecule has 1 atom stereocenters. The van der Waals surface area contributed by atoms with Crippen LogP contribution in [0.5, 0.6) is 0 Å². The second-order valence-electron chi connectivity index (χ2n) is 8.53. The van der Waals surface area contributed by atoms with Crippen LogP contribution in [0.2, 0.25) is 0 Å². The van der Waals surface area contributed by atoms with Gasteiger partial charge in [0.25, 0.3) is 5.91 Å². The van der Waals surface area contributed by atoms with E-state index in [1.165, 1.54) is 37.7 Å². The molecule has 6 nitrogen and oxygen atoms in total. The second kappa shape index (κ2) is 8.60. The minimum atomic E-state index is -0.464. The lowest BCUT2D eigenvalue weighted by Gasteiger charge is -2.33. The quantitative estimate of drug-likeness (QED) is 0.711. The molecule has 30 heavy (non-hydrogen) atoms. The zero-order valence-corrected chi connectivity index (χ0v) is 18.8. The molecule has 1 N–H and O–H groups in total. The third-order valence-corrected chi connectivity index (χ3v) is 6.84. The maximum atomic E-state index is 12.8. The number of esters is 2. The Morgan fingerprint density at radius 3 is 2.17 bits per heavy atom. The highest BCUT2D eigenvalue weighted by atomic mass is 32.1. The summed E-state index contributed by atoms with van der Waals surface area (Å²) < 4.78 is 9.68. The topological polar surface area (TPSA) is 81.7 Å². The molecule has 1 aliphatic rings. The second-order valence-corrected chi connectivity index (χ2v) is 9.63. The largest absolute Gasteiger partial charge is 0.465 e. The van der Waals surface area contributed by atoms with Gasteiger partial charge in [0.05, 0.1) is 25.3 Å². The van der Waals surface area contributed by atoms with Gasteiger partial charge in [-0.2, -0.15) is 0 Å². The third-order valence-electron chi connectivity index (χ3n) is 5.67. The lowest BCUT2D eigenvalue weighted by atomic mass is 9.72. The van der Waals surface area contributed by atoms with Crippen molar-refractivity contribution in [3.05, 3.63) is 51.4 Å². The molecular formula is C23H27NO5S. The molecule has 1 aromatic heterocycles. The van der Waals surface area contributed by atoms with Gasteiger partial charge in [0.2, 0.25) is 0 Å². The highest BCUT2D eigenvalue weighted by molar-refractivity contribution is 7.17. The van der Waals surface area contributed by atoms with Gasteiger partial charge in [-0.1, -0.05) is 20.8 Å². The summed E-state index contributed by atoms with van der Waals surface area (Å²) in [5.41, 5.74) is 2.38. The summed E-state index contributed by atoms with van der Waals surface area (Å²) in [6, 6.07) is 6.19. The standard InChI is InChI=1S/C23H27NO5S/c1-23(2,3)15-10-11-16-17(12-15)30-20(18(16)22(27)29-5)24-19(25)13-6-8-14(9-7-13)21(26)28-4/h6-9,15H,10-12H2,1-5H3,(H,24,25). The molecule has 0 fully saturated rings. The summed E-state index contributed by atoms with van der Waals surface area (Å²) in [5, 5.41) is 3.40. The molecule has 1 heterocycles. The zero-order chi connectivity index (χ0) is 22.1. The average Bonchev–Trinajstić information content (AvgIpc) is 3.09. The van der Waals surface area contributed by atoms with E-state index in [0.29, 0.717) is 27.6 Å². The van der Waals surface area contributed by atoms with Crippen LogP contribution in [0.15, 0.2) is 24.3 Å². The van der Waals surface area contributed by atoms with Crippen LogP contribution < -0.4 is 5.32 Å². The van der Waals surface area contributed by atoms with Crippen LogP contribution in [0.1, 0.15) is 68.7 Å². The Labute approximate surface area is 180 Å². The number of carbonyl (C=O) groups excluding carboxylic acids is 3. The summed E-state index contributed by atoms with van der Waals surface area (Å²) in [6.45, 7) is 6.70. The first kappa shape index (κ1) is 22.0. The lowest BCUT2D eigenvalue weighted by molar-refractivity contribution is 0.0591. The van der Waals surface area contributed by atoms with Crippen LogP contribution in [0.4, 0.5) is 5.00 Å². The molecular weight excluding hydrogens is 402 g/mol. The number of rotatable bonds is 4. The smallest absolute Gasteiger partial charge is 0.341 e. The molecule has 2 aromatic rings. The van der Waals surface area contributed by atoms with Gasteiger partial charge in [0.1, 0.15) is 5.00 Å². The van der Waals surface area contributed by atoms with E-state index in [9.17, 15) is 14.4 Å². The molecule has 1 unspecified atom stereocenters. The van der Waals surface area contributed by atoms with Crippen molar-refractivity contribution in [3.63, 3.8) is 0 Å². The number of thiophene rings is 1. The molecule has 0 aliphatic heterocycles. The average molecular weight is 430 g/mol. The van der Waals surface area contributed by atoms with Crippen molar-refractivity contribution in [2.24, 2.45) is 11.3 Å². The number of hydrogen-bond donors (Lipinski definition) is 1. The fraction of sp³-hybridized carbons (Fsp3) is 0.435. The number of benzene rings is 1. The van der Waals surface area contributed by atoms with Crippen molar-refractivity contribution >= 4 is 34.2 Å². The normalized spacial score (nSPS) is 15.8. The summed E-state index contributed by atoms with van der Waals surface area (Å²) in [6.07, 6.45) is 2.68. The Morgan fingerprint density at radius 2 is 1.60 bits per heavy atom. The molecule has 1 aromatic carbocycles. The van der Waals surface area contributed by atoms with E-state index in [4.69, 9.17) is 4.74 Å². The maximum absolute atomic E-state index is 12.8. The van der Waals surface area contributed by atoms with E-state index in [1.54, 1.807) is 12.1 Å². The molecule has 160 valence electrons. The molecule has 7 heteroatoms. The molecule has 0 spiro atoms. The Hall–Kier alpha value is -2.67. The Bertz CT molecular complexity index is 969. The van der Waals surface area contributed by atoms with Crippen LogP contribution in [-0.2, 0) is 22.3 Å². The first-order valence-corrected chi connectivity index (χ1v) is 10.7. The van der Waals surface area contributed by atoms with Crippen molar-refractivity contribution in [2.45, 2.75) is 40.0 Å². The predicted octanol–water partition coefficient (Wildman–Crippen LogP) is 4.72. The summed E-state index contributed by atoms with van der Waals surface area (Å²) >= 11 is 1.45. The van der Waals surface area contributed by atoms with Crippen molar-refractivity contribution in [1.29, 1.82) is 0 Å². The number of nitrogens with one attached hydrogen (secondary N) is 1. The minimum Gasteiger partial charge on any atom is -0.465 e. The molecule has 0 saturated heterocycles. The number of hydrogen-bond acceptors (Lipinski definition) is 6. The number of anilines is 1. The van der Waals surface area contributed by atoms with E-state index in [2.05, 4.69) is 30.8 Å². The number of carbonyl (C=O) groups is 3. The van der Waals surface area contributed by atoms with Crippen LogP contribution in [0.25, 0.3) is 0 Å². The maximum Gasteiger partial charge on any atom is 0.341 e. The fourth-order valence-corrected chi connectivity index (χ4v) is 5.09. The van der Waals surface area contributed by atoms with Crippen LogP contribution >= 0.6 is 11.3 Å². The molecule has 3 rings (SSSR count). The molecule has 0 saturated carbocycles. The van der Waals surface area contributed by atoms with Crippen molar-refractivity contribution in [3.8, 4) is 0 Å². The molecule has 0 bridgehead atoms. The van der Waals surface area contributed by atoms with E-state index < -0.39 is 11.9 Å².